The van der Waals surface area contributed by atoms with E-state index in [-0.39, 0.29) is 23.5 Å². The molecule has 2 aromatic rings. The molecule has 4 rings (SSSR count). The number of hydrogen-bond acceptors (Lipinski definition) is 3. The summed E-state index contributed by atoms with van der Waals surface area (Å²) in [5.41, 5.74) is 2.05. The van der Waals surface area contributed by atoms with Crippen LogP contribution in [0.1, 0.15) is 44.2 Å². The van der Waals surface area contributed by atoms with Crippen LogP contribution in [0.2, 0.25) is 10.6 Å². The minimum absolute atomic E-state index is 0.0841. The van der Waals surface area contributed by atoms with E-state index in [4.69, 9.17) is 4.74 Å². The molecule has 0 saturated heterocycles. The van der Waals surface area contributed by atoms with Crippen molar-refractivity contribution in [2.24, 2.45) is 20.7 Å². The standard InChI is InChI=1S/C27H33NO3Se/c1-26(2)23-15-16-27(26,24(29)18-23)20-32(17-9-14-21-10-5-3-6-11-21)28-25(30)31-19-22-12-7-4-8-13-22/h3-14,23-24,29H,15-20H2,1-2H3/b14-9+. The van der Waals surface area contributed by atoms with Crippen LogP contribution in [-0.2, 0) is 11.3 Å². The van der Waals surface area contributed by atoms with E-state index >= 15 is 0 Å². The summed E-state index contributed by atoms with van der Waals surface area (Å²) in [5.74, 6) is 0.564. The van der Waals surface area contributed by atoms with E-state index in [1.54, 1.807) is 0 Å². The summed E-state index contributed by atoms with van der Waals surface area (Å²) >= 11 is -1.72. The molecule has 1 N–H and O–H groups in total. The molecule has 0 aromatic heterocycles. The normalized spacial score (nSPS) is 27.1. The van der Waals surface area contributed by atoms with Crippen LogP contribution in [-0.4, -0.2) is 31.0 Å². The van der Waals surface area contributed by atoms with Gasteiger partial charge in [0.05, 0.1) is 0 Å². The van der Waals surface area contributed by atoms with Crippen molar-refractivity contribution in [3.05, 3.63) is 77.9 Å². The third kappa shape index (κ3) is 4.80. The van der Waals surface area contributed by atoms with Gasteiger partial charge in [0, 0.05) is 0 Å². The molecular weight excluding hydrogens is 465 g/mol. The molecule has 4 atom stereocenters. The van der Waals surface area contributed by atoms with Gasteiger partial charge in [0.2, 0.25) is 0 Å². The Hall–Kier alpha value is -2.07. The van der Waals surface area contributed by atoms with Crippen molar-refractivity contribution in [3.8, 4) is 0 Å². The topological polar surface area (TPSA) is 58.9 Å². The van der Waals surface area contributed by atoms with E-state index in [0.29, 0.717) is 5.92 Å². The van der Waals surface area contributed by atoms with Crippen LogP contribution in [0.15, 0.2) is 70.7 Å². The average Bonchev–Trinajstić information content (AvgIpc) is 3.14. The Bertz CT molecular complexity index is 986. The van der Waals surface area contributed by atoms with Crippen molar-refractivity contribution >= 4 is 25.9 Å². The van der Waals surface area contributed by atoms with Gasteiger partial charge in [-0.15, -0.1) is 0 Å². The van der Waals surface area contributed by atoms with Gasteiger partial charge in [-0.2, -0.15) is 0 Å². The van der Waals surface area contributed by atoms with Crippen molar-refractivity contribution < 1.29 is 14.6 Å². The summed E-state index contributed by atoms with van der Waals surface area (Å²) in [6.45, 7) is 4.85. The minimum atomic E-state index is -1.72. The summed E-state index contributed by atoms with van der Waals surface area (Å²) in [7, 11) is 0. The van der Waals surface area contributed by atoms with E-state index in [0.717, 1.165) is 34.6 Å². The second-order valence-electron chi connectivity index (χ2n) is 9.58. The van der Waals surface area contributed by atoms with Gasteiger partial charge in [0.1, 0.15) is 0 Å². The Labute approximate surface area is 195 Å². The Morgan fingerprint density at radius 3 is 2.47 bits per heavy atom. The molecule has 170 valence electrons. The van der Waals surface area contributed by atoms with E-state index in [2.05, 4.69) is 42.1 Å². The molecule has 0 spiro atoms. The SMILES string of the molecule is CC1(C)C2CCC1(C/[Se](C/C=C/c1ccccc1)=N/C(=O)OCc1ccccc1)C(O)C2. The van der Waals surface area contributed by atoms with Crippen molar-refractivity contribution in [3.63, 3.8) is 0 Å². The summed E-state index contributed by atoms with van der Waals surface area (Å²) in [4.78, 5) is 12.6. The molecule has 5 heteroatoms. The molecule has 4 nitrogen and oxygen atoms in total. The van der Waals surface area contributed by atoms with Gasteiger partial charge in [-0.3, -0.25) is 0 Å². The number of benzene rings is 2. The predicted molar refractivity (Wildman–Crippen MR) is 129 cm³/mol. The zero-order chi connectivity index (χ0) is 22.6. The van der Waals surface area contributed by atoms with Gasteiger partial charge in [-0.1, -0.05) is 0 Å². The number of rotatable bonds is 7. The van der Waals surface area contributed by atoms with Crippen LogP contribution in [0.3, 0.4) is 0 Å². The molecule has 2 saturated carbocycles. The van der Waals surface area contributed by atoms with E-state index in [1.165, 1.54) is 6.42 Å². The quantitative estimate of drug-likeness (QED) is 0.445. The second kappa shape index (κ2) is 9.82. The molecule has 2 aliphatic rings. The molecule has 1 amide bonds. The number of nitrogens with zero attached hydrogens (tertiary/aromatic N) is 1. The number of allylic oxidation sites excluding steroid dienone is 1. The molecule has 4 unspecified atom stereocenters. The van der Waals surface area contributed by atoms with Crippen LogP contribution < -0.4 is 0 Å². The molecule has 2 aromatic carbocycles. The third-order valence-corrected chi connectivity index (χ3v) is 11.5. The molecule has 2 fully saturated rings. The van der Waals surface area contributed by atoms with Gasteiger partial charge >= 0.3 is 196 Å². The molecule has 32 heavy (non-hydrogen) atoms. The first-order valence-corrected chi connectivity index (χ1v) is 14.6. The third-order valence-electron chi connectivity index (χ3n) is 7.62. The monoisotopic (exact) mass is 499 g/mol. The fraction of sp³-hybridized carbons (Fsp3) is 0.444. The molecular formula is C27H33NO3Se. The van der Waals surface area contributed by atoms with Crippen molar-refractivity contribution in [1.82, 2.24) is 0 Å². The summed E-state index contributed by atoms with van der Waals surface area (Å²) in [6.07, 6.45) is 6.56. The van der Waals surface area contributed by atoms with Gasteiger partial charge in [0.25, 0.3) is 0 Å². The fourth-order valence-electron chi connectivity index (χ4n) is 5.52. The van der Waals surface area contributed by atoms with Gasteiger partial charge < -0.3 is 0 Å². The van der Waals surface area contributed by atoms with Crippen LogP contribution >= 0.6 is 0 Å². The summed E-state index contributed by atoms with van der Waals surface area (Å²) < 4.78 is 10.1. The van der Waals surface area contributed by atoms with Gasteiger partial charge in [-0.25, -0.2) is 0 Å². The number of carbonyl (C=O) groups excluding carboxylic acids is 1. The first kappa shape index (κ1) is 23.1. The van der Waals surface area contributed by atoms with Crippen LogP contribution in [0.5, 0.6) is 0 Å². The number of hydrogen-bond donors (Lipinski definition) is 1. The number of aliphatic hydroxyl groups is 1. The molecule has 2 aliphatic carbocycles. The number of carbonyl (C=O) groups is 1. The van der Waals surface area contributed by atoms with E-state index in [1.807, 2.05) is 48.5 Å². The number of aliphatic hydroxyl groups excluding tert-OH is 1. The van der Waals surface area contributed by atoms with E-state index in [9.17, 15) is 9.90 Å². The van der Waals surface area contributed by atoms with Crippen molar-refractivity contribution in [1.29, 1.82) is 0 Å². The number of ether oxygens (including phenoxy) is 1. The Morgan fingerprint density at radius 1 is 1.16 bits per heavy atom. The first-order chi connectivity index (χ1) is 15.4. The number of amides is 1. The Kier molecular flexibility index (Phi) is 7.09. The van der Waals surface area contributed by atoms with Crippen LogP contribution in [0.25, 0.3) is 6.08 Å². The van der Waals surface area contributed by atoms with Crippen molar-refractivity contribution in [2.45, 2.75) is 56.5 Å². The van der Waals surface area contributed by atoms with E-state index < -0.39 is 19.8 Å². The van der Waals surface area contributed by atoms with Gasteiger partial charge in [-0.05, 0) is 0 Å². The fourth-order valence-corrected chi connectivity index (χ4v) is 10.0. The van der Waals surface area contributed by atoms with Crippen LogP contribution in [0, 0.1) is 16.7 Å². The average molecular weight is 499 g/mol. The van der Waals surface area contributed by atoms with Gasteiger partial charge in [0.15, 0.2) is 0 Å². The Balaban J connectivity index is 1.51. The predicted octanol–water partition coefficient (Wildman–Crippen LogP) is 6.48. The first-order valence-electron chi connectivity index (χ1n) is 11.4. The molecule has 0 aliphatic heterocycles. The molecule has 0 heterocycles. The zero-order valence-corrected chi connectivity index (χ0v) is 20.7. The number of fused-ring (bicyclic) bond motifs is 2. The van der Waals surface area contributed by atoms with Crippen LogP contribution in [0.4, 0.5) is 4.79 Å². The second-order valence-corrected chi connectivity index (χ2v) is 13.2. The summed E-state index contributed by atoms with van der Waals surface area (Å²) in [6, 6.07) is 19.9. The maximum atomic E-state index is 12.6. The summed E-state index contributed by atoms with van der Waals surface area (Å²) in [5, 5.41) is 12.6. The van der Waals surface area contributed by atoms with Crippen molar-refractivity contribution in [2.75, 3.05) is 0 Å². The molecule has 2 bridgehead atoms. The Morgan fingerprint density at radius 2 is 1.84 bits per heavy atom. The zero-order valence-electron chi connectivity index (χ0n) is 18.9. The maximum absolute atomic E-state index is 12.6. The molecule has 0 radical (unpaired) electrons.